The van der Waals surface area contributed by atoms with Crippen molar-refractivity contribution in [1.82, 2.24) is 5.32 Å². The lowest BCUT2D eigenvalue weighted by molar-refractivity contribution is 0.0950. The fourth-order valence-corrected chi connectivity index (χ4v) is 3.18. The molecule has 1 atom stereocenters. The minimum Gasteiger partial charge on any atom is -0.496 e. The molecular weight excluding hydrogens is 338 g/mol. The summed E-state index contributed by atoms with van der Waals surface area (Å²) >= 11 is 6.09. The number of amides is 1. The van der Waals surface area contributed by atoms with Crippen LogP contribution in [0.3, 0.4) is 0 Å². The smallest absolute Gasteiger partial charge is 0.251 e. The molecule has 0 aliphatic carbocycles. The van der Waals surface area contributed by atoms with E-state index in [2.05, 4.69) is 5.32 Å². The van der Waals surface area contributed by atoms with E-state index in [9.17, 15) is 4.79 Å². The molecule has 0 saturated carbocycles. The molecule has 1 fully saturated rings. The van der Waals surface area contributed by atoms with E-state index in [0.29, 0.717) is 23.0 Å². The Balaban J connectivity index is 1.63. The average molecular weight is 360 g/mol. The van der Waals surface area contributed by atoms with Gasteiger partial charge in [0.1, 0.15) is 5.75 Å². The van der Waals surface area contributed by atoms with Crippen molar-refractivity contribution in [2.24, 2.45) is 5.92 Å². The predicted molar refractivity (Wildman–Crippen MR) is 99.3 cm³/mol. The monoisotopic (exact) mass is 359 g/mol. The number of methoxy groups -OCH3 is 1. The molecule has 1 N–H and O–H groups in total. The van der Waals surface area contributed by atoms with E-state index in [1.54, 1.807) is 13.2 Å². The number of carbonyl (C=O) groups excluding carboxylic acids is 1. The molecule has 0 unspecified atom stereocenters. The first kappa shape index (κ1) is 17.8. The van der Waals surface area contributed by atoms with Crippen LogP contribution in [0, 0.1) is 5.92 Å². The average Bonchev–Trinajstić information content (AvgIpc) is 3.15. The fraction of sp³-hybridized carbons (Fsp3) is 0.350. The van der Waals surface area contributed by atoms with E-state index in [0.717, 1.165) is 42.9 Å². The quantitative estimate of drug-likeness (QED) is 0.842. The number of rotatable bonds is 6. The molecule has 0 bridgehead atoms. The number of ether oxygens (including phenoxy) is 2. The summed E-state index contributed by atoms with van der Waals surface area (Å²) in [6.07, 6.45) is 2.05. The van der Waals surface area contributed by atoms with Crippen molar-refractivity contribution < 1.29 is 14.3 Å². The highest BCUT2D eigenvalue weighted by Crippen LogP contribution is 2.32. The maximum Gasteiger partial charge on any atom is 0.251 e. The zero-order valence-corrected chi connectivity index (χ0v) is 15.0. The third-order valence-electron chi connectivity index (χ3n) is 4.48. The number of hydrogen-bond acceptors (Lipinski definition) is 3. The molecule has 4 nitrogen and oxygen atoms in total. The highest BCUT2D eigenvalue weighted by molar-refractivity contribution is 6.31. The second-order valence-electron chi connectivity index (χ2n) is 6.20. The number of nitrogens with one attached hydrogen (secondary N) is 1. The van der Waals surface area contributed by atoms with Crippen molar-refractivity contribution in [3.05, 3.63) is 53.1 Å². The standard InChI is InChI=1S/C20H22ClNO3/c1-24-19-7-6-17(21)12-18(19)15-2-4-16(5-3-15)20(23)22-10-8-14-9-11-25-13-14/h2-7,12,14H,8-11,13H2,1H3,(H,22,23)/t14-/m1/s1. The summed E-state index contributed by atoms with van der Waals surface area (Å²) in [6.45, 7) is 2.33. The van der Waals surface area contributed by atoms with E-state index < -0.39 is 0 Å². The zero-order valence-electron chi connectivity index (χ0n) is 14.3. The van der Waals surface area contributed by atoms with Gasteiger partial charge in [-0.15, -0.1) is 0 Å². The molecule has 25 heavy (non-hydrogen) atoms. The van der Waals surface area contributed by atoms with Crippen LogP contribution in [0.4, 0.5) is 0 Å². The van der Waals surface area contributed by atoms with E-state index in [1.807, 2.05) is 36.4 Å². The summed E-state index contributed by atoms with van der Waals surface area (Å²) in [7, 11) is 1.63. The highest BCUT2D eigenvalue weighted by atomic mass is 35.5. The SMILES string of the molecule is COc1ccc(Cl)cc1-c1ccc(C(=O)NCC[C@@H]2CCOC2)cc1. The van der Waals surface area contributed by atoms with Crippen LogP contribution < -0.4 is 10.1 Å². The first-order valence-electron chi connectivity index (χ1n) is 8.47. The van der Waals surface area contributed by atoms with E-state index in [1.165, 1.54) is 0 Å². The van der Waals surface area contributed by atoms with Gasteiger partial charge in [-0.1, -0.05) is 23.7 Å². The summed E-state index contributed by atoms with van der Waals surface area (Å²) in [5.74, 6) is 1.27. The lowest BCUT2D eigenvalue weighted by Crippen LogP contribution is -2.26. The summed E-state index contributed by atoms with van der Waals surface area (Å²) in [6, 6.07) is 13.0. The van der Waals surface area contributed by atoms with Gasteiger partial charge in [0.25, 0.3) is 5.91 Å². The van der Waals surface area contributed by atoms with E-state index >= 15 is 0 Å². The van der Waals surface area contributed by atoms with Crippen LogP contribution in [-0.2, 0) is 4.74 Å². The molecule has 0 radical (unpaired) electrons. The molecule has 1 amide bonds. The molecular formula is C20H22ClNO3. The van der Waals surface area contributed by atoms with Gasteiger partial charge in [0.15, 0.2) is 0 Å². The molecule has 3 rings (SSSR count). The van der Waals surface area contributed by atoms with Crippen molar-refractivity contribution in [3.63, 3.8) is 0 Å². The third kappa shape index (κ3) is 4.53. The van der Waals surface area contributed by atoms with Gasteiger partial charge in [0.05, 0.1) is 7.11 Å². The summed E-state index contributed by atoms with van der Waals surface area (Å²) in [5.41, 5.74) is 2.51. The Kier molecular flexibility index (Phi) is 5.95. The second-order valence-corrected chi connectivity index (χ2v) is 6.63. The third-order valence-corrected chi connectivity index (χ3v) is 4.72. The minimum atomic E-state index is -0.0523. The number of hydrogen-bond donors (Lipinski definition) is 1. The first-order valence-corrected chi connectivity index (χ1v) is 8.85. The summed E-state index contributed by atoms with van der Waals surface area (Å²) < 4.78 is 10.7. The van der Waals surface area contributed by atoms with Gasteiger partial charge in [0, 0.05) is 35.9 Å². The Morgan fingerprint density at radius 1 is 1.28 bits per heavy atom. The number of benzene rings is 2. The molecule has 0 aromatic heterocycles. The van der Waals surface area contributed by atoms with Crippen LogP contribution in [0.1, 0.15) is 23.2 Å². The minimum absolute atomic E-state index is 0.0523. The maximum absolute atomic E-state index is 12.3. The molecule has 2 aromatic carbocycles. The van der Waals surface area contributed by atoms with Crippen LogP contribution in [-0.4, -0.2) is 32.8 Å². The van der Waals surface area contributed by atoms with Gasteiger partial charge >= 0.3 is 0 Å². The summed E-state index contributed by atoms with van der Waals surface area (Å²) in [5, 5.41) is 3.62. The van der Waals surface area contributed by atoms with Gasteiger partial charge in [-0.05, 0) is 54.7 Å². The Morgan fingerprint density at radius 3 is 2.76 bits per heavy atom. The van der Waals surface area contributed by atoms with E-state index in [-0.39, 0.29) is 5.91 Å². The van der Waals surface area contributed by atoms with Crippen molar-refractivity contribution in [2.45, 2.75) is 12.8 Å². The summed E-state index contributed by atoms with van der Waals surface area (Å²) in [4.78, 5) is 12.3. The molecule has 0 spiro atoms. The highest BCUT2D eigenvalue weighted by Gasteiger charge is 2.15. The van der Waals surface area contributed by atoms with Crippen molar-refractivity contribution in [1.29, 1.82) is 0 Å². The van der Waals surface area contributed by atoms with Crippen LogP contribution in [0.2, 0.25) is 5.02 Å². The fourth-order valence-electron chi connectivity index (χ4n) is 3.01. The van der Waals surface area contributed by atoms with Crippen molar-refractivity contribution >= 4 is 17.5 Å². The molecule has 5 heteroatoms. The van der Waals surface area contributed by atoms with Crippen LogP contribution in [0.25, 0.3) is 11.1 Å². The Labute approximate surface area is 153 Å². The molecule has 1 heterocycles. The molecule has 132 valence electrons. The second kappa shape index (κ2) is 8.37. The maximum atomic E-state index is 12.3. The Hall–Kier alpha value is -2.04. The van der Waals surface area contributed by atoms with E-state index in [4.69, 9.17) is 21.1 Å². The van der Waals surface area contributed by atoms with Gasteiger partial charge in [-0.25, -0.2) is 0 Å². The first-order chi connectivity index (χ1) is 12.2. The molecule has 2 aromatic rings. The van der Waals surface area contributed by atoms with Gasteiger partial charge < -0.3 is 14.8 Å². The van der Waals surface area contributed by atoms with Gasteiger partial charge in [-0.3, -0.25) is 4.79 Å². The lowest BCUT2D eigenvalue weighted by atomic mass is 10.0. The Morgan fingerprint density at radius 2 is 2.08 bits per heavy atom. The molecule has 1 aliphatic heterocycles. The number of carbonyl (C=O) groups is 1. The van der Waals surface area contributed by atoms with Crippen LogP contribution in [0.5, 0.6) is 5.75 Å². The largest absolute Gasteiger partial charge is 0.496 e. The Bertz CT molecular complexity index is 724. The van der Waals surface area contributed by atoms with Gasteiger partial charge in [0.2, 0.25) is 0 Å². The molecule has 1 saturated heterocycles. The zero-order chi connectivity index (χ0) is 17.6. The van der Waals surface area contributed by atoms with Gasteiger partial charge in [-0.2, -0.15) is 0 Å². The lowest BCUT2D eigenvalue weighted by Gasteiger charge is -2.11. The topological polar surface area (TPSA) is 47.6 Å². The van der Waals surface area contributed by atoms with Crippen LogP contribution in [0.15, 0.2) is 42.5 Å². The number of halogens is 1. The normalized spacial score (nSPS) is 16.6. The van der Waals surface area contributed by atoms with Crippen molar-refractivity contribution in [3.8, 4) is 16.9 Å². The molecule has 1 aliphatic rings. The van der Waals surface area contributed by atoms with Crippen LogP contribution >= 0.6 is 11.6 Å². The predicted octanol–water partition coefficient (Wildman–Crippen LogP) is 4.17. The van der Waals surface area contributed by atoms with Crippen molar-refractivity contribution in [2.75, 3.05) is 26.9 Å².